The van der Waals surface area contributed by atoms with Crippen molar-refractivity contribution in [3.8, 4) is 5.75 Å². The number of carbonyl (C=O) groups excluding carboxylic acids is 1. The van der Waals surface area contributed by atoms with E-state index in [1.54, 1.807) is 6.92 Å². The highest BCUT2D eigenvalue weighted by Gasteiger charge is 2.24. The molecule has 7 nitrogen and oxygen atoms in total. The standard InChI is InChI=1S/C14H19NO6S/c1-4-6-9(2)15-13(16)12-10(14(17)18)7-5-8-11(12)21-22(3,19)20/h5,7-9H,4,6H2,1-3H3,(H,15,16)(H,17,18). The van der Waals surface area contributed by atoms with Crippen molar-refractivity contribution in [2.24, 2.45) is 0 Å². The second-order valence-electron chi connectivity index (χ2n) is 4.93. The molecule has 0 aromatic heterocycles. The van der Waals surface area contributed by atoms with Crippen LogP contribution in [-0.2, 0) is 10.1 Å². The van der Waals surface area contributed by atoms with Crippen LogP contribution >= 0.6 is 0 Å². The molecule has 122 valence electrons. The Morgan fingerprint density at radius 2 is 2.00 bits per heavy atom. The van der Waals surface area contributed by atoms with Gasteiger partial charge in [0.1, 0.15) is 0 Å². The van der Waals surface area contributed by atoms with Crippen LogP contribution in [0.2, 0.25) is 0 Å². The van der Waals surface area contributed by atoms with Crippen molar-refractivity contribution in [1.29, 1.82) is 0 Å². The fourth-order valence-corrected chi connectivity index (χ4v) is 2.44. The fraction of sp³-hybridized carbons (Fsp3) is 0.429. The predicted octanol–water partition coefficient (Wildman–Crippen LogP) is 1.64. The molecule has 0 radical (unpaired) electrons. The molecule has 0 fully saturated rings. The van der Waals surface area contributed by atoms with Gasteiger partial charge in [-0.15, -0.1) is 0 Å². The van der Waals surface area contributed by atoms with Gasteiger partial charge in [0.15, 0.2) is 5.75 Å². The van der Waals surface area contributed by atoms with Gasteiger partial charge in [-0.2, -0.15) is 8.42 Å². The minimum Gasteiger partial charge on any atom is -0.478 e. The summed E-state index contributed by atoms with van der Waals surface area (Å²) in [6.45, 7) is 3.73. The molecule has 0 aliphatic carbocycles. The summed E-state index contributed by atoms with van der Waals surface area (Å²) >= 11 is 0. The molecule has 22 heavy (non-hydrogen) atoms. The normalized spacial score (nSPS) is 12.5. The number of rotatable bonds is 7. The van der Waals surface area contributed by atoms with Crippen molar-refractivity contribution in [2.75, 3.05) is 6.26 Å². The van der Waals surface area contributed by atoms with E-state index >= 15 is 0 Å². The molecule has 2 N–H and O–H groups in total. The minimum absolute atomic E-state index is 0.176. The molecular formula is C14H19NO6S. The third kappa shape index (κ3) is 5.03. The maximum absolute atomic E-state index is 12.3. The smallest absolute Gasteiger partial charge is 0.336 e. The van der Waals surface area contributed by atoms with Gasteiger partial charge in [-0.1, -0.05) is 19.4 Å². The number of carboxylic acid groups (broad SMARTS) is 1. The summed E-state index contributed by atoms with van der Waals surface area (Å²) in [7, 11) is -3.89. The lowest BCUT2D eigenvalue weighted by Gasteiger charge is -2.16. The first-order chi connectivity index (χ1) is 10.2. The molecular weight excluding hydrogens is 310 g/mol. The van der Waals surface area contributed by atoms with Gasteiger partial charge < -0.3 is 14.6 Å². The quantitative estimate of drug-likeness (QED) is 0.736. The molecule has 0 saturated heterocycles. The van der Waals surface area contributed by atoms with Crippen molar-refractivity contribution < 1.29 is 27.3 Å². The molecule has 1 atom stereocenters. The Bertz CT molecular complexity index is 668. The topological polar surface area (TPSA) is 110 Å². The minimum atomic E-state index is -3.89. The van der Waals surface area contributed by atoms with Crippen molar-refractivity contribution >= 4 is 22.0 Å². The first-order valence-electron chi connectivity index (χ1n) is 6.72. The zero-order chi connectivity index (χ0) is 16.9. The van der Waals surface area contributed by atoms with E-state index in [9.17, 15) is 23.1 Å². The average Bonchev–Trinajstić information content (AvgIpc) is 2.36. The van der Waals surface area contributed by atoms with Crippen LogP contribution in [-0.4, -0.2) is 37.7 Å². The van der Waals surface area contributed by atoms with Crippen LogP contribution in [0, 0.1) is 0 Å². The van der Waals surface area contributed by atoms with Crippen LogP contribution in [0.15, 0.2) is 18.2 Å². The Morgan fingerprint density at radius 3 is 2.50 bits per heavy atom. The molecule has 1 unspecified atom stereocenters. The summed E-state index contributed by atoms with van der Waals surface area (Å²) in [4.78, 5) is 23.6. The number of amides is 1. The van der Waals surface area contributed by atoms with Gasteiger partial charge in [0.05, 0.1) is 17.4 Å². The molecule has 1 rings (SSSR count). The largest absolute Gasteiger partial charge is 0.478 e. The third-order valence-electron chi connectivity index (χ3n) is 2.82. The summed E-state index contributed by atoms with van der Waals surface area (Å²) in [6, 6.07) is 3.60. The molecule has 0 aliphatic heterocycles. The molecule has 0 bridgehead atoms. The lowest BCUT2D eigenvalue weighted by atomic mass is 10.0. The van der Waals surface area contributed by atoms with E-state index in [1.807, 2.05) is 6.92 Å². The number of hydrogen-bond donors (Lipinski definition) is 2. The van der Waals surface area contributed by atoms with Crippen molar-refractivity contribution in [1.82, 2.24) is 5.32 Å². The first kappa shape index (κ1) is 18.0. The monoisotopic (exact) mass is 329 g/mol. The van der Waals surface area contributed by atoms with E-state index in [2.05, 4.69) is 5.32 Å². The Morgan fingerprint density at radius 1 is 1.36 bits per heavy atom. The Hall–Kier alpha value is -2.09. The van der Waals surface area contributed by atoms with Crippen LogP contribution in [0.3, 0.4) is 0 Å². The van der Waals surface area contributed by atoms with Crippen molar-refractivity contribution in [3.05, 3.63) is 29.3 Å². The van der Waals surface area contributed by atoms with Crippen LogP contribution in [0.1, 0.15) is 47.4 Å². The van der Waals surface area contributed by atoms with Crippen LogP contribution < -0.4 is 9.50 Å². The highest BCUT2D eigenvalue weighted by Crippen LogP contribution is 2.24. The molecule has 0 saturated carbocycles. The number of hydrogen-bond acceptors (Lipinski definition) is 5. The van der Waals surface area contributed by atoms with E-state index in [1.165, 1.54) is 18.2 Å². The number of carboxylic acids is 1. The second kappa shape index (κ2) is 7.26. The summed E-state index contributed by atoms with van der Waals surface area (Å²) < 4.78 is 27.3. The van der Waals surface area contributed by atoms with Crippen molar-refractivity contribution in [2.45, 2.75) is 32.7 Å². The summed E-state index contributed by atoms with van der Waals surface area (Å²) in [5.41, 5.74) is -0.620. The van der Waals surface area contributed by atoms with Gasteiger partial charge in [0.2, 0.25) is 0 Å². The Balaban J connectivity index is 3.28. The highest BCUT2D eigenvalue weighted by molar-refractivity contribution is 7.86. The van der Waals surface area contributed by atoms with Gasteiger partial charge in [0.25, 0.3) is 5.91 Å². The van der Waals surface area contributed by atoms with E-state index in [0.717, 1.165) is 12.7 Å². The number of carbonyl (C=O) groups is 2. The Kier molecular flexibility index (Phi) is 5.92. The van der Waals surface area contributed by atoms with E-state index in [4.69, 9.17) is 4.18 Å². The predicted molar refractivity (Wildman–Crippen MR) is 80.7 cm³/mol. The lowest BCUT2D eigenvalue weighted by Crippen LogP contribution is -2.34. The molecule has 8 heteroatoms. The summed E-state index contributed by atoms with van der Waals surface area (Å²) in [5.74, 6) is -2.33. The highest BCUT2D eigenvalue weighted by atomic mass is 32.2. The van der Waals surface area contributed by atoms with E-state index < -0.39 is 22.0 Å². The van der Waals surface area contributed by atoms with Gasteiger partial charge in [-0.05, 0) is 25.5 Å². The zero-order valence-electron chi connectivity index (χ0n) is 12.6. The van der Waals surface area contributed by atoms with E-state index in [-0.39, 0.29) is 22.9 Å². The first-order valence-corrected chi connectivity index (χ1v) is 8.54. The van der Waals surface area contributed by atoms with E-state index in [0.29, 0.717) is 6.42 Å². The number of benzene rings is 1. The molecule has 0 spiro atoms. The summed E-state index contributed by atoms with van der Waals surface area (Å²) in [6.07, 6.45) is 2.37. The molecule has 1 amide bonds. The molecule has 1 aromatic rings. The van der Waals surface area contributed by atoms with Crippen LogP contribution in [0.25, 0.3) is 0 Å². The van der Waals surface area contributed by atoms with Gasteiger partial charge in [-0.3, -0.25) is 4.79 Å². The zero-order valence-corrected chi connectivity index (χ0v) is 13.4. The number of nitrogens with one attached hydrogen (secondary N) is 1. The van der Waals surface area contributed by atoms with Crippen LogP contribution in [0.5, 0.6) is 5.75 Å². The lowest BCUT2D eigenvalue weighted by molar-refractivity contribution is 0.0690. The fourth-order valence-electron chi connectivity index (χ4n) is 1.98. The van der Waals surface area contributed by atoms with Gasteiger partial charge in [0, 0.05) is 6.04 Å². The molecule has 0 heterocycles. The summed E-state index contributed by atoms with van der Waals surface area (Å²) in [5, 5.41) is 11.8. The Labute approximate surface area is 129 Å². The maximum Gasteiger partial charge on any atom is 0.336 e. The maximum atomic E-state index is 12.3. The van der Waals surface area contributed by atoms with Crippen LogP contribution in [0.4, 0.5) is 0 Å². The molecule has 0 aliphatic rings. The number of aromatic carboxylic acids is 1. The third-order valence-corrected chi connectivity index (χ3v) is 3.31. The average molecular weight is 329 g/mol. The van der Waals surface area contributed by atoms with Gasteiger partial charge in [-0.25, -0.2) is 4.79 Å². The SMILES string of the molecule is CCCC(C)NC(=O)c1c(OS(C)(=O)=O)cccc1C(=O)O. The second-order valence-corrected chi connectivity index (χ2v) is 6.51. The molecule has 1 aromatic carbocycles. The van der Waals surface area contributed by atoms with Gasteiger partial charge >= 0.3 is 16.1 Å². The van der Waals surface area contributed by atoms with Crippen molar-refractivity contribution in [3.63, 3.8) is 0 Å².